The third kappa shape index (κ3) is 4.94. The normalized spacial score (nSPS) is 12.9. The number of aromatic amines is 1. The van der Waals surface area contributed by atoms with Gasteiger partial charge in [0.1, 0.15) is 7.85 Å². The summed E-state index contributed by atoms with van der Waals surface area (Å²) in [6, 6.07) is 8.50. The Kier molecular flexibility index (Phi) is 5.79. The van der Waals surface area contributed by atoms with Crippen LogP contribution >= 0.6 is 0 Å². The van der Waals surface area contributed by atoms with Gasteiger partial charge in [0.2, 0.25) is 10.0 Å². The summed E-state index contributed by atoms with van der Waals surface area (Å²) >= 11 is 0. The molecule has 0 fully saturated rings. The number of nitrogens with zero attached hydrogens (tertiary/aromatic N) is 1. The Morgan fingerprint density at radius 1 is 1.25 bits per heavy atom. The molecule has 7 nitrogen and oxygen atoms in total. The first-order valence-corrected chi connectivity index (χ1v) is 9.29. The van der Waals surface area contributed by atoms with Crippen LogP contribution in [0.3, 0.4) is 0 Å². The monoisotopic (exact) mass is 349 g/mol. The van der Waals surface area contributed by atoms with Gasteiger partial charge < -0.3 is 4.57 Å². The maximum Gasteiger partial charge on any atom is 0.328 e. The maximum absolute atomic E-state index is 12.2. The Bertz CT molecular complexity index is 921. The molecule has 1 heterocycles. The first-order chi connectivity index (χ1) is 11.3. The van der Waals surface area contributed by atoms with Gasteiger partial charge in [0.15, 0.2) is 0 Å². The van der Waals surface area contributed by atoms with Gasteiger partial charge >= 0.3 is 5.69 Å². The molecule has 0 saturated heterocycles. The van der Waals surface area contributed by atoms with Gasteiger partial charge in [-0.1, -0.05) is 29.7 Å². The topological polar surface area (TPSA) is 101 Å². The highest BCUT2D eigenvalue weighted by Crippen LogP contribution is 2.10. The fourth-order valence-electron chi connectivity index (χ4n) is 2.51. The fraction of sp³-hybridized carbons (Fsp3) is 0.333. The number of benzene rings is 1. The minimum atomic E-state index is -3.47. The van der Waals surface area contributed by atoms with E-state index in [1.807, 2.05) is 32.1 Å². The van der Waals surface area contributed by atoms with Gasteiger partial charge in [-0.15, -0.1) is 0 Å². The molecular weight excluding hydrogens is 329 g/mol. The molecule has 2 aromatic rings. The molecule has 0 bridgehead atoms. The summed E-state index contributed by atoms with van der Waals surface area (Å²) < 4.78 is 28.3. The predicted molar refractivity (Wildman–Crippen MR) is 95.9 cm³/mol. The lowest BCUT2D eigenvalue weighted by molar-refractivity contribution is 0.556. The second-order valence-electron chi connectivity index (χ2n) is 5.67. The van der Waals surface area contributed by atoms with Crippen molar-refractivity contribution in [2.24, 2.45) is 0 Å². The first-order valence-electron chi connectivity index (χ1n) is 7.64. The zero-order valence-corrected chi connectivity index (χ0v) is 14.5. The highest BCUT2D eigenvalue weighted by atomic mass is 32.2. The smallest absolute Gasteiger partial charge is 0.301 e. The molecule has 24 heavy (non-hydrogen) atoms. The molecule has 0 aliphatic rings. The highest BCUT2D eigenvalue weighted by molar-refractivity contribution is 7.89. The minimum absolute atomic E-state index is 0.102. The lowest BCUT2D eigenvalue weighted by Gasteiger charge is -2.17. The first kappa shape index (κ1) is 18.2. The molecular formula is C15H20BN3O4S. The van der Waals surface area contributed by atoms with Gasteiger partial charge in [0.05, 0.1) is 5.75 Å². The van der Waals surface area contributed by atoms with E-state index >= 15 is 0 Å². The van der Waals surface area contributed by atoms with Gasteiger partial charge in [0.25, 0.3) is 5.56 Å². The molecule has 0 saturated carbocycles. The molecule has 9 heteroatoms. The zero-order chi connectivity index (χ0) is 17.7. The molecule has 0 amide bonds. The number of hydrogen-bond donors (Lipinski definition) is 2. The summed E-state index contributed by atoms with van der Waals surface area (Å²) in [6.45, 7) is 2.02. The average molecular weight is 349 g/mol. The van der Waals surface area contributed by atoms with Crippen LogP contribution in [0.1, 0.15) is 24.9 Å². The summed E-state index contributed by atoms with van der Waals surface area (Å²) in [5.74, 6) is -0.102. The van der Waals surface area contributed by atoms with E-state index < -0.39 is 21.3 Å². The largest absolute Gasteiger partial charge is 0.328 e. The predicted octanol–water partition coefficient (Wildman–Crippen LogP) is -1.13. The molecule has 1 aromatic carbocycles. The summed E-state index contributed by atoms with van der Waals surface area (Å²) in [4.78, 5) is 24.7. The van der Waals surface area contributed by atoms with Crippen molar-refractivity contribution < 1.29 is 8.42 Å². The van der Waals surface area contributed by atoms with Crippen LogP contribution in [0.4, 0.5) is 0 Å². The van der Waals surface area contributed by atoms with E-state index in [4.69, 9.17) is 0 Å². The van der Waals surface area contributed by atoms with Gasteiger partial charge in [-0.3, -0.25) is 9.78 Å². The Morgan fingerprint density at radius 2 is 1.96 bits per heavy atom. The van der Waals surface area contributed by atoms with Gasteiger partial charge in [0, 0.05) is 24.8 Å². The summed E-state index contributed by atoms with van der Waals surface area (Å²) in [6.07, 6.45) is 1.62. The van der Waals surface area contributed by atoms with E-state index in [-0.39, 0.29) is 24.8 Å². The second kappa shape index (κ2) is 7.63. The third-order valence-corrected chi connectivity index (χ3v) is 5.26. The number of nitrogens with one attached hydrogen (secondary N) is 2. The van der Waals surface area contributed by atoms with Crippen molar-refractivity contribution in [2.45, 2.75) is 25.9 Å². The summed E-state index contributed by atoms with van der Waals surface area (Å²) in [7, 11) is -1.54. The summed E-state index contributed by atoms with van der Waals surface area (Å²) in [5, 5.41) is 0. The lowest BCUT2D eigenvalue weighted by Crippen LogP contribution is -2.33. The van der Waals surface area contributed by atoms with Crippen LogP contribution in [0.15, 0.2) is 46.1 Å². The third-order valence-electron chi connectivity index (χ3n) is 3.72. The number of rotatable bonds is 7. The standard InChI is InChI=1S/C15H20BN3O4S/c1-11(12-5-2-3-6-13(12)16)18-24(22,23)10-4-8-19-9-7-14(20)17-15(19)21/h2-3,5-7,9,11,18H,4,8,10,16H2,1H3,(H,17,20,21)/t11-/m1/s1. The molecule has 0 spiro atoms. The van der Waals surface area contributed by atoms with Crippen molar-refractivity contribution >= 4 is 23.3 Å². The van der Waals surface area contributed by atoms with E-state index in [0.29, 0.717) is 0 Å². The van der Waals surface area contributed by atoms with Crippen LogP contribution in [0.2, 0.25) is 0 Å². The van der Waals surface area contributed by atoms with E-state index in [1.54, 1.807) is 6.92 Å². The quantitative estimate of drug-likeness (QED) is 0.618. The van der Waals surface area contributed by atoms with Gasteiger partial charge in [-0.05, 0) is 18.9 Å². The number of H-pyrrole nitrogens is 1. The van der Waals surface area contributed by atoms with Crippen molar-refractivity contribution in [1.82, 2.24) is 14.3 Å². The SMILES string of the molecule is Bc1ccccc1[C@@H](C)NS(=O)(=O)CCCn1ccc(=O)[nH]c1=O. The number of hydrogen-bond acceptors (Lipinski definition) is 4. The molecule has 0 unspecified atom stereocenters. The zero-order valence-electron chi connectivity index (χ0n) is 13.7. The number of sulfonamides is 1. The molecule has 2 N–H and O–H groups in total. The van der Waals surface area contributed by atoms with Crippen molar-refractivity contribution in [3.8, 4) is 0 Å². The van der Waals surface area contributed by atoms with E-state index in [1.165, 1.54) is 16.8 Å². The lowest BCUT2D eigenvalue weighted by atomic mass is 9.88. The maximum atomic E-state index is 12.2. The van der Waals surface area contributed by atoms with Crippen molar-refractivity contribution in [2.75, 3.05) is 5.75 Å². The Labute approximate surface area is 141 Å². The molecule has 0 aliphatic carbocycles. The van der Waals surface area contributed by atoms with Crippen LogP contribution in [0.5, 0.6) is 0 Å². The minimum Gasteiger partial charge on any atom is -0.301 e. The highest BCUT2D eigenvalue weighted by Gasteiger charge is 2.16. The molecule has 128 valence electrons. The van der Waals surface area contributed by atoms with Crippen LogP contribution in [-0.4, -0.2) is 31.6 Å². The second-order valence-corrected chi connectivity index (χ2v) is 7.55. The van der Waals surface area contributed by atoms with Crippen molar-refractivity contribution in [3.05, 3.63) is 62.9 Å². The fourth-order valence-corrected chi connectivity index (χ4v) is 3.80. The van der Waals surface area contributed by atoms with Gasteiger partial charge in [-0.25, -0.2) is 17.9 Å². The van der Waals surface area contributed by atoms with E-state index in [0.717, 1.165) is 11.0 Å². The van der Waals surface area contributed by atoms with Crippen LogP contribution < -0.4 is 21.4 Å². The Hall–Kier alpha value is -2.13. The van der Waals surface area contributed by atoms with E-state index in [9.17, 15) is 18.0 Å². The van der Waals surface area contributed by atoms with Crippen molar-refractivity contribution in [3.63, 3.8) is 0 Å². The van der Waals surface area contributed by atoms with Crippen LogP contribution in [-0.2, 0) is 16.6 Å². The Balaban J connectivity index is 1.95. The molecule has 2 rings (SSSR count). The number of aryl methyl sites for hydroxylation is 1. The molecule has 1 aromatic heterocycles. The molecule has 0 radical (unpaired) electrons. The average Bonchev–Trinajstić information content (AvgIpc) is 2.49. The summed E-state index contributed by atoms with van der Waals surface area (Å²) in [5.41, 5.74) is 0.934. The van der Waals surface area contributed by atoms with Crippen molar-refractivity contribution in [1.29, 1.82) is 0 Å². The van der Waals surface area contributed by atoms with Crippen LogP contribution in [0.25, 0.3) is 0 Å². The number of aromatic nitrogens is 2. The molecule has 1 atom stereocenters. The van der Waals surface area contributed by atoms with E-state index in [2.05, 4.69) is 9.71 Å². The van der Waals surface area contributed by atoms with Crippen LogP contribution in [0, 0.1) is 0 Å². The van der Waals surface area contributed by atoms with Gasteiger partial charge in [-0.2, -0.15) is 0 Å². The molecule has 0 aliphatic heterocycles. The Morgan fingerprint density at radius 3 is 2.62 bits per heavy atom.